The summed E-state index contributed by atoms with van der Waals surface area (Å²) in [6.07, 6.45) is 1.67. The smallest absolute Gasteiger partial charge is 0.319 e. The van der Waals surface area contributed by atoms with E-state index in [0.717, 1.165) is 53.0 Å². The number of β-amino-alcohol motifs (C(OH)–C–C–N with tert-alkyl or cyclic N) is 1. The number of carbonyl (C=O) groups excluding carboxylic acids is 3. The zero-order chi connectivity index (χ0) is 57.1. The van der Waals surface area contributed by atoms with Gasteiger partial charge in [-0.15, -0.1) is 11.3 Å². The number of ether oxygens (including phenoxy) is 3. The minimum Gasteiger partial charge on any atom is -0.508 e. The van der Waals surface area contributed by atoms with Gasteiger partial charge in [-0.1, -0.05) is 80.6 Å². The molecule has 3 fully saturated rings. The van der Waals surface area contributed by atoms with Gasteiger partial charge in [0.25, 0.3) is 5.88 Å². The lowest BCUT2D eigenvalue weighted by atomic mass is 9.91. The van der Waals surface area contributed by atoms with Crippen LogP contribution >= 0.6 is 22.9 Å². The summed E-state index contributed by atoms with van der Waals surface area (Å²) in [7, 11) is 0. The highest BCUT2D eigenvalue weighted by Crippen LogP contribution is 2.43. The van der Waals surface area contributed by atoms with E-state index in [1.807, 2.05) is 93.6 Å². The molecule has 0 unspecified atom stereocenters. The summed E-state index contributed by atoms with van der Waals surface area (Å²) in [6.45, 7) is 17.4. The van der Waals surface area contributed by atoms with Crippen molar-refractivity contribution in [2.45, 2.75) is 90.2 Å². The number of hydrogen-bond donors (Lipinski definition) is 3. The number of piperidine rings is 1. The molecule has 81 heavy (non-hydrogen) atoms. The molecule has 18 nitrogen and oxygen atoms in total. The average molecular weight is 1140 g/mol. The van der Waals surface area contributed by atoms with Crippen molar-refractivity contribution in [2.24, 2.45) is 5.92 Å². The Labute approximate surface area is 478 Å². The third-order valence-corrected chi connectivity index (χ3v) is 16.7. The van der Waals surface area contributed by atoms with Crippen molar-refractivity contribution in [3.63, 3.8) is 0 Å². The van der Waals surface area contributed by atoms with Crippen LogP contribution in [0, 0.1) is 18.7 Å². The Kier molecular flexibility index (Phi) is 17.5. The van der Waals surface area contributed by atoms with E-state index in [1.165, 1.54) is 17.0 Å². The first-order valence-corrected chi connectivity index (χ1v) is 28.8. The monoisotopic (exact) mass is 1140 g/mol. The van der Waals surface area contributed by atoms with E-state index in [4.69, 9.17) is 35.3 Å². The van der Waals surface area contributed by atoms with E-state index in [2.05, 4.69) is 31.9 Å². The molecule has 0 bridgehead atoms. The van der Waals surface area contributed by atoms with Gasteiger partial charge in [0.1, 0.15) is 41.8 Å². The van der Waals surface area contributed by atoms with Gasteiger partial charge in [0, 0.05) is 75.8 Å². The van der Waals surface area contributed by atoms with Gasteiger partial charge < -0.3 is 49.0 Å². The number of nitrogens with one attached hydrogen (secondary N) is 1. The molecule has 21 heteroatoms. The molecule has 3 amide bonds. The minimum absolute atomic E-state index is 0.00185. The molecule has 7 aromatic rings. The molecule has 426 valence electrons. The zero-order valence-electron chi connectivity index (χ0n) is 46.0. The number of hydrogen-bond acceptors (Lipinski definition) is 16. The first kappa shape index (κ1) is 57.0. The first-order chi connectivity index (χ1) is 39.0. The number of phenols is 1. The Bertz CT molecular complexity index is 3420. The van der Waals surface area contributed by atoms with Crippen molar-refractivity contribution in [3.05, 3.63) is 119 Å². The van der Waals surface area contributed by atoms with E-state index >= 15 is 4.39 Å². The molecule has 6 heterocycles. The van der Waals surface area contributed by atoms with E-state index in [1.54, 1.807) is 34.4 Å². The summed E-state index contributed by atoms with van der Waals surface area (Å²) < 4.78 is 41.4. The number of likely N-dealkylation sites (tertiary alicyclic amines) is 2. The number of carbonyl (C=O) groups is 3. The Morgan fingerprint density at radius 1 is 0.963 bits per heavy atom. The maximum atomic E-state index is 17.2. The van der Waals surface area contributed by atoms with Crippen molar-refractivity contribution < 1.29 is 47.7 Å². The van der Waals surface area contributed by atoms with Crippen molar-refractivity contribution in [2.75, 3.05) is 70.5 Å². The fourth-order valence-corrected chi connectivity index (χ4v) is 12.4. The van der Waals surface area contributed by atoms with Gasteiger partial charge >= 0.3 is 6.01 Å². The number of phenolic OH excluding ortho intramolecular Hbond substituents is 1. The van der Waals surface area contributed by atoms with E-state index in [9.17, 15) is 24.6 Å². The predicted octanol–water partition coefficient (Wildman–Crippen LogP) is 9.11. The predicted molar refractivity (Wildman–Crippen MR) is 308 cm³/mol. The van der Waals surface area contributed by atoms with Gasteiger partial charge in [0.05, 0.1) is 46.0 Å². The number of anilines is 1. The Balaban J connectivity index is 0.722. The molecule has 4 aromatic carbocycles. The van der Waals surface area contributed by atoms with Crippen LogP contribution in [0.3, 0.4) is 0 Å². The minimum atomic E-state index is -0.868. The number of aromatic hydroxyl groups is 1. The summed E-state index contributed by atoms with van der Waals surface area (Å²) >= 11 is 8.52. The molecule has 3 N–H and O–H groups in total. The van der Waals surface area contributed by atoms with Gasteiger partial charge in [-0.2, -0.15) is 9.97 Å². The van der Waals surface area contributed by atoms with Crippen LogP contribution in [0.15, 0.2) is 95.5 Å². The van der Waals surface area contributed by atoms with Crippen molar-refractivity contribution in [3.8, 4) is 39.2 Å². The number of fused-ring (bicyclic) bond motifs is 2. The molecule has 3 aliphatic rings. The second-order valence-electron chi connectivity index (χ2n) is 21.5. The lowest BCUT2D eigenvalue weighted by molar-refractivity contribution is -0.141. The number of rotatable bonds is 19. The molecule has 10 rings (SSSR count). The molecule has 0 saturated carbocycles. The standard InChI is InChI=1S/C60H67ClFN9O9S/c1-7-51(74)69-20-22-70(23-21-69)57-46-29-47(61)53(45-27-41(72)26-40-10-8-9-11-44(40)45)54(62)55(46)65-60(66-57)79-35(4)31-68-18-16-43(17-19-68)77-24-25-78-50-30-49(80-67-50)52(34(2)3)59(76)71-32-42(73)28-48(71)58(75)64-36(5)38-12-14-39(15-13-38)56-37(6)63-33-81-56/h7-15,26-27,29-30,33-36,42-43,48,52,72-73H,1,16-25,28,31-32H2,2-6H3,(H,64,75)/t35-,36+,42-,48+,52-/m1/s1. The highest BCUT2D eigenvalue weighted by Gasteiger charge is 2.44. The highest BCUT2D eigenvalue weighted by molar-refractivity contribution is 7.13. The Hall–Kier alpha value is -7.23. The molecule has 3 saturated heterocycles. The second-order valence-corrected chi connectivity index (χ2v) is 22.7. The third kappa shape index (κ3) is 12.6. The fourth-order valence-electron chi connectivity index (χ4n) is 11.3. The average Bonchev–Trinajstić information content (AvgIpc) is 4.28. The maximum absolute atomic E-state index is 17.2. The number of aromatic nitrogens is 4. The lowest BCUT2D eigenvalue weighted by Gasteiger charge is -2.35. The number of aryl methyl sites for hydroxylation is 1. The Morgan fingerprint density at radius 3 is 2.43 bits per heavy atom. The summed E-state index contributed by atoms with van der Waals surface area (Å²) in [5.74, 6) is -1.62. The quantitative estimate of drug-likeness (QED) is 0.0510. The number of benzene rings is 4. The van der Waals surface area contributed by atoms with Crippen molar-refractivity contribution in [1.29, 1.82) is 0 Å². The van der Waals surface area contributed by atoms with E-state index in [-0.39, 0.29) is 89.1 Å². The van der Waals surface area contributed by atoms with Crippen LogP contribution in [-0.4, -0.2) is 153 Å². The fraction of sp³-hybridized carbons (Fsp3) is 0.417. The SMILES string of the molecule is C=CC(=O)N1CCN(c2nc(O[C@H](C)CN3CCC(OCCOc4cc([C@H](C(=O)N5C[C@H](O)C[C@H]5C(=O)N[C@@H](C)c5ccc(-c6scnc6C)cc5)C(C)C)on4)CC3)nc3c(F)c(-c4cc(O)cc5ccccc45)c(Cl)cc23)CC1. The summed E-state index contributed by atoms with van der Waals surface area (Å²) in [5.41, 5.74) is 5.27. The van der Waals surface area contributed by atoms with Gasteiger partial charge in [-0.25, -0.2) is 9.37 Å². The van der Waals surface area contributed by atoms with Gasteiger partial charge in [0.2, 0.25) is 17.7 Å². The number of aliphatic hydroxyl groups excluding tert-OH is 1. The van der Waals surface area contributed by atoms with Gasteiger partial charge in [-0.05, 0) is 96.4 Å². The summed E-state index contributed by atoms with van der Waals surface area (Å²) in [5, 5.41) is 30.5. The second kappa shape index (κ2) is 24.9. The molecule has 3 aromatic heterocycles. The van der Waals surface area contributed by atoms with E-state index < -0.39 is 30.0 Å². The van der Waals surface area contributed by atoms with Crippen LogP contribution < -0.4 is 19.7 Å². The Morgan fingerprint density at radius 2 is 1.72 bits per heavy atom. The lowest BCUT2D eigenvalue weighted by Crippen LogP contribution is -2.48. The van der Waals surface area contributed by atoms with Crippen LogP contribution in [0.4, 0.5) is 10.2 Å². The van der Waals surface area contributed by atoms with Crippen LogP contribution in [0.25, 0.3) is 43.2 Å². The number of thiazole rings is 1. The summed E-state index contributed by atoms with van der Waals surface area (Å²) in [4.78, 5) is 62.9. The summed E-state index contributed by atoms with van der Waals surface area (Å²) in [6, 6.07) is 20.5. The zero-order valence-corrected chi connectivity index (χ0v) is 47.6. The topological polar surface area (TPSA) is 209 Å². The molecule has 3 aliphatic heterocycles. The van der Waals surface area contributed by atoms with Crippen LogP contribution in [-0.2, 0) is 19.1 Å². The van der Waals surface area contributed by atoms with Crippen molar-refractivity contribution >= 4 is 68.2 Å². The van der Waals surface area contributed by atoms with Gasteiger partial charge in [-0.3, -0.25) is 19.3 Å². The number of aliphatic hydroxyl groups is 1. The molecular formula is C60H67ClFN9O9S. The molecule has 0 aliphatic carbocycles. The van der Waals surface area contributed by atoms with Crippen LogP contribution in [0.1, 0.15) is 75.9 Å². The van der Waals surface area contributed by atoms with E-state index in [0.29, 0.717) is 67.2 Å². The number of halogens is 2. The van der Waals surface area contributed by atoms with Gasteiger partial charge in [0.15, 0.2) is 11.6 Å². The van der Waals surface area contributed by atoms with Crippen molar-refractivity contribution in [1.82, 2.24) is 40.1 Å². The third-order valence-electron chi connectivity index (χ3n) is 15.5. The van der Waals surface area contributed by atoms with Crippen LogP contribution in [0.5, 0.6) is 17.6 Å². The maximum Gasteiger partial charge on any atom is 0.319 e. The highest BCUT2D eigenvalue weighted by atomic mass is 35.5. The number of amides is 3. The number of nitrogens with zero attached hydrogens (tertiary/aromatic N) is 8. The van der Waals surface area contributed by atoms with Crippen LogP contribution in [0.2, 0.25) is 5.02 Å². The first-order valence-electron chi connectivity index (χ1n) is 27.5. The molecule has 5 atom stereocenters. The molecule has 0 spiro atoms. The normalized spacial score (nSPS) is 18.4. The molecular weight excluding hydrogens is 1080 g/mol. The largest absolute Gasteiger partial charge is 0.508 e. The molecule has 0 radical (unpaired) electrons. The number of piperazine rings is 1.